The highest BCUT2D eigenvalue weighted by molar-refractivity contribution is 5.93. The van der Waals surface area contributed by atoms with Gasteiger partial charge in [-0.05, 0) is 39.5 Å². The summed E-state index contributed by atoms with van der Waals surface area (Å²) in [5.74, 6) is -0.327. The fourth-order valence-corrected chi connectivity index (χ4v) is 2.61. The van der Waals surface area contributed by atoms with E-state index in [-0.39, 0.29) is 12.1 Å². The molecule has 0 spiro atoms. The van der Waals surface area contributed by atoms with E-state index in [1.807, 2.05) is 13.8 Å². The number of anilines is 1. The largest absolute Gasteiger partial charge is 0.458 e. The number of nitrogen functional groups attached to an aromatic ring is 1. The summed E-state index contributed by atoms with van der Waals surface area (Å²) in [5, 5.41) is 4.25. The maximum absolute atomic E-state index is 12.3. The van der Waals surface area contributed by atoms with E-state index in [1.165, 1.54) is 12.8 Å². The Hall–Kier alpha value is -1.52. The lowest BCUT2D eigenvalue weighted by molar-refractivity contribution is 0.0254. The van der Waals surface area contributed by atoms with Gasteiger partial charge in [0.15, 0.2) is 5.69 Å². The van der Waals surface area contributed by atoms with Crippen molar-refractivity contribution in [3.63, 3.8) is 0 Å². The molecule has 1 aliphatic carbocycles. The third-order valence-corrected chi connectivity index (χ3v) is 3.74. The van der Waals surface area contributed by atoms with Gasteiger partial charge in [-0.1, -0.05) is 12.8 Å². The van der Waals surface area contributed by atoms with E-state index in [4.69, 9.17) is 10.5 Å². The summed E-state index contributed by atoms with van der Waals surface area (Å²) < 4.78 is 7.24. The van der Waals surface area contributed by atoms with Crippen LogP contribution in [-0.2, 0) is 11.3 Å². The van der Waals surface area contributed by atoms with Gasteiger partial charge in [0.05, 0.1) is 11.4 Å². The van der Waals surface area contributed by atoms with Gasteiger partial charge in [0.2, 0.25) is 0 Å². The van der Waals surface area contributed by atoms with Crippen LogP contribution in [-0.4, -0.2) is 21.9 Å². The average molecular weight is 265 g/mol. The number of hydrogen-bond acceptors (Lipinski definition) is 4. The highest BCUT2D eigenvalue weighted by Crippen LogP contribution is 2.23. The second-order valence-corrected chi connectivity index (χ2v) is 5.18. The van der Waals surface area contributed by atoms with Crippen LogP contribution >= 0.6 is 0 Å². The van der Waals surface area contributed by atoms with E-state index in [9.17, 15) is 4.79 Å². The van der Waals surface area contributed by atoms with Crippen molar-refractivity contribution in [3.05, 3.63) is 11.4 Å². The van der Waals surface area contributed by atoms with Crippen LogP contribution in [0.5, 0.6) is 0 Å². The molecule has 0 aliphatic heterocycles. The van der Waals surface area contributed by atoms with Gasteiger partial charge in [-0.15, -0.1) is 0 Å². The fraction of sp³-hybridized carbons (Fsp3) is 0.714. The van der Waals surface area contributed by atoms with Crippen molar-refractivity contribution in [1.82, 2.24) is 9.78 Å². The summed E-state index contributed by atoms with van der Waals surface area (Å²) in [7, 11) is 0. The maximum atomic E-state index is 12.3. The van der Waals surface area contributed by atoms with Crippen molar-refractivity contribution in [2.45, 2.75) is 65.0 Å². The minimum absolute atomic E-state index is 0.0370. The molecule has 5 nitrogen and oxygen atoms in total. The summed E-state index contributed by atoms with van der Waals surface area (Å²) in [6.45, 7) is 4.37. The average Bonchev–Trinajstić information content (AvgIpc) is 2.59. The summed E-state index contributed by atoms with van der Waals surface area (Å²) >= 11 is 0. The lowest BCUT2D eigenvalue weighted by Crippen LogP contribution is -2.21. The van der Waals surface area contributed by atoms with Gasteiger partial charge >= 0.3 is 5.97 Å². The zero-order chi connectivity index (χ0) is 13.8. The number of ether oxygens (including phenoxy) is 1. The van der Waals surface area contributed by atoms with Crippen LogP contribution < -0.4 is 5.73 Å². The van der Waals surface area contributed by atoms with Gasteiger partial charge in [0, 0.05) is 6.54 Å². The van der Waals surface area contributed by atoms with Crippen LogP contribution in [0.15, 0.2) is 0 Å². The van der Waals surface area contributed by atoms with Gasteiger partial charge < -0.3 is 10.5 Å². The van der Waals surface area contributed by atoms with Crippen molar-refractivity contribution >= 4 is 11.7 Å². The molecular formula is C14H23N3O2. The maximum Gasteiger partial charge on any atom is 0.359 e. The Bertz CT molecular complexity index is 446. The number of aryl methyl sites for hydroxylation is 2. The van der Waals surface area contributed by atoms with Gasteiger partial charge in [-0.25, -0.2) is 4.79 Å². The van der Waals surface area contributed by atoms with Crippen LogP contribution in [0.25, 0.3) is 0 Å². The number of nitrogens with zero attached hydrogens (tertiary/aromatic N) is 2. The zero-order valence-corrected chi connectivity index (χ0v) is 11.8. The van der Waals surface area contributed by atoms with Crippen molar-refractivity contribution in [2.75, 3.05) is 5.73 Å². The third kappa shape index (κ3) is 3.08. The fourth-order valence-electron chi connectivity index (χ4n) is 2.61. The molecule has 106 valence electrons. The Morgan fingerprint density at radius 1 is 1.37 bits per heavy atom. The molecule has 0 atom stereocenters. The number of rotatable bonds is 3. The summed E-state index contributed by atoms with van der Waals surface area (Å²) in [6.07, 6.45) is 6.72. The predicted octanol–water partition coefficient (Wildman–Crippen LogP) is 2.67. The minimum atomic E-state index is -0.327. The standard InChI is InChI=1S/C14H23N3O2/c1-3-17-13(12(15)10(2)16-17)14(18)19-11-8-6-4-5-7-9-11/h11H,3-9,15H2,1-2H3. The molecule has 0 bridgehead atoms. The van der Waals surface area contributed by atoms with Gasteiger partial charge in [0.25, 0.3) is 0 Å². The Morgan fingerprint density at radius 3 is 2.58 bits per heavy atom. The molecule has 1 aromatic rings. The molecule has 5 heteroatoms. The number of aromatic nitrogens is 2. The molecule has 1 heterocycles. The second-order valence-electron chi connectivity index (χ2n) is 5.18. The third-order valence-electron chi connectivity index (χ3n) is 3.74. The quantitative estimate of drug-likeness (QED) is 0.673. The minimum Gasteiger partial charge on any atom is -0.458 e. The topological polar surface area (TPSA) is 70.1 Å². The molecule has 2 N–H and O–H groups in total. The van der Waals surface area contributed by atoms with E-state index in [2.05, 4.69) is 5.10 Å². The Labute approximate surface area is 114 Å². The first-order valence-electron chi connectivity index (χ1n) is 7.17. The molecule has 1 aromatic heterocycles. The SMILES string of the molecule is CCn1nc(C)c(N)c1C(=O)OC1CCCCCC1. The van der Waals surface area contributed by atoms with Gasteiger partial charge in [-0.2, -0.15) is 5.10 Å². The second kappa shape index (κ2) is 6.08. The molecule has 0 unspecified atom stereocenters. The highest BCUT2D eigenvalue weighted by Gasteiger charge is 2.24. The van der Waals surface area contributed by atoms with Crippen LogP contribution in [0, 0.1) is 6.92 Å². The molecule has 2 rings (SSSR count). The van der Waals surface area contributed by atoms with Crippen molar-refractivity contribution in [3.8, 4) is 0 Å². The van der Waals surface area contributed by atoms with Gasteiger partial charge in [-0.3, -0.25) is 4.68 Å². The number of hydrogen-bond donors (Lipinski definition) is 1. The van der Waals surface area contributed by atoms with Crippen LogP contribution in [0.1, 0.15) is 61.6 Å². The predicted molar refractivity (Wildman–Crippen MR) is 74.0 cm³/mol. The van der Waals surface area contributed by atoms with E-state index >= 15 is 0 Å². The molecule has 1 saturated carbocycles. The number of carbonyl (C=O) groups is 1. The van der Waals surface area contributed by atoms with Crippen LogP contribution in [0.3, 0.4) is 0 Å². The van der Waals surface area contributed by atoms with Crippen molar-refractivity contribution < 1.29 is 9.53 Å². The Morgan fingerprint density at radius 2 is 2.00 bits per heavy atom. The lowest BCUT2D eigenvalue weighted by atomic mass is 10.1. The lowest BCUT2D eigenvalue weighted by Gasteiger charge is -2.16. The number of nitrogens with two attached hydrogens (primary N) is 1. The Kier molecular flexibility index (Phi) is 4.45. The summed E-state index contributed by atoms with van der Waals surface area (Å²) in [4.78, 5) is 12.3. The van der Waals surface area contributed by atoms with E-state index in [1.54, 1.807) is 4.68 Å². The number of esters is 1. The van der Waals surface area contributed by atoms with Gasteiger partial charge in [0.1, 0.15) is 6.10 Å². The summed E-state index contributed by atoms with van der Waals surface area (Å²) in [5.41, 5.74) is 7.47. The molecule has 0 aromatic carbocycles. The highest BCUT2D eigenvalue weighted by atomic mass is 16.5. The Balaban J connectivity index is 2.10. The zero-order valence-electron chi connectivity index (χ0n) is 11.8. The molecule has 1 aliphatic rings. The summed E-state index contributed by atoms with van der Waals surface area (Å²) in [6, 6.07) is 0. The molecule has 0 saturated heterocycles. The van der Waals surface area contributed by atoms with E-state index in [0.29, 0.717) is 23.6 Å². The normalized spacial score (nSPS) is 17.2. The molecular weight excluding hydrogens is 242 g/mol. The van der Waals surface area contributed by atoms with Crippen molar-refractivity contribution in [2.24, 2.45) is 0 Å². The first-order valence-corrected chi connectivity index (χ1v) is 7.17. The number of carbonyl (C=O) groups excluding carboxylic acids is 1. The van der Waals surface area contributed by atoms with Crippen LogP contribution in [0.2, 0.25) is 0 Å². The molecule has 0 radical (unpaired) electrons. The van der Waals surface area contributed by atoms with Crippen LogP contribution in [0.4, 0.5) is 5.69 Å². The van der Waals surface area contributed by atoms with E-state index in [0.717, 1.165) is 25.7 Å². The molecule has 19 heavy (non-hydrogen) atoms. The first kappa shape index (κ1) is 13.9. The smallest absolute Gasteiger partial charge is 0.359 e. The first-order chi connectivity index (χ1) is 9.13. The monoisotopic (exact) mass is 265 g/mol. The molecule has 1 fully saturated rings. The van der Waals surface area contributed by atoms with Crippen molar-refractivity contribution in [1.29, 1.82) is 0 Å². The molecule has 0 amide bonds. The van der Waals surface area contributed by atoms with E-state index < -0.39 is 0 Å².